The largest absolute Gasteiger partial charge is 0.480 e. The quantitative estimate of drug-likeness (QED) is 0.715. The van der Waals surface area contributed by atoms with Crippen LogP contribution in [0.3, 0.4) is 0 Å². The average Bonchev–Trinajstić information content (AvgIpc) is 2.36. The third-order valence-corrected chi connectivity index (χ3v) is 5.21. The van der Waals surface area contributed by atoms with Gasteiger partial charge in [0.15, 0.2) is 0 Å². The lowest BCUT2D eigenvalue weighted by Gasteiger charge is -2.36. The molecular weight excluding hydrogens is 286 g/mol. The van der Waals surface area contributed by atoms with E-state index in [1.165, 1.54) is 0 Å². The van der Waals surface area contributed by atoms with Crippen LogP contribution in [0, 0.1) is 5.92 Å². The van der Waals surface area contributed by atoms with Crippen LogP contribution < -0.4 is 0 Å². The second-order valence-corrected chi connectivity index (χ2v) is 6.93. The van der Waals surface area contributed by atoms with Crippen molar-refractivity contribution in [3.63, 3.8) is 0 Å². The highest BCUT2D eigenvalue weighted by Crippen LogP contribution is 2.26. The van der Waals surface area contributed by atoms with Gasteiger partial charge in [-0.2, -0.15) is 4.31 Å². The number of ether oxygens (including phenoxy) is 1. The summed E-state index contributed by atoms with van der Waals surface area (Å²) < 4.78 is 30.1. The Morgan fingerprint density at radius 3 is 2.60 bits per heavy atom. The van der Waals surface area contributed by atoms with Gasteiger partial charge in [-0.05, 0) is 25.7 Å². The molecule has 0 aromatic carbocycles. The number of carboxylic acid groups (broad SMARTS) is 1. The molecule has 20 heavy (non-hydrogen) atoms. The highest BCUT2D eigenvalue weighted by Gasteiger charge is 2.40. The summed E-state index contributed by atoms with van der Waals surface area (Å²) >= 11 is 0. The van der Waals surface area contributed by atoms with Gasteiger partial charge in [0.1, 0.15) is 6.04 Å². The number of nitrogens with zero attached hydrogens (tertiary/aromatic N) is 1. The fourth-order valence-corrected chi connectivity index (χ4v) is 4.10. The van der Waals surface area contributed by atoms with E-state index < -0.39 is 33.8 Å². The number of hydrogen-bond acceptors (Lipinski definition) is 5. The Labute approximate surface area is 118 Å². The summed E-state index contributed by atoms with van der Waals surface area (Å²) in [6.45, 7) is 3.74. The fourth-order valence-electron chi connectivity index (χ4n) is 2.39. The van der Waals surface area contributed by atoms with E-state index in [4.69, 9.17) is 0 Å². The third kappa shape index (κ3) is 4.17. The highest BCUT2D eigenvalue weighted by molar-refractivity contribution is 7.89. The predicted molar refractivity (Wildman–Crippen MR) is 71.6 cm³/mol. The number of carbonyl (C=O) groups is 2. The maximum absolute atomic E-state index is 12.2. The minimum atomic E-state index is -3.77. The number of sulfonamides is 1. The SMILES string of the molecule is CCOC(=O)CCS(=O)(=O)N1CCCC(C)C1C(=O)O. The molecule has 0 aromatic heterocycles. The molecule has 0 aliphatic carbocycles. The molecule has 0 amide bonds. The minimum absolute atomic E-state index is 0.187. The average molecular weight is 307 g/mol. The van der Waals surface area contributed by atoms with Crippen LogP contribution in [0.2, 0.25) is 0 Å². The zero-order valence-electron chi connectivity index (χ0n) is 11.7. The lowest BCUT2D eigenvalue weighted by Crippen LogP contribution is -2.52. The monoisotopic (exact) mass is 307 g/mol. The van der Waals surface area contributed by atoms with Crippen molar-refractivity contribution in [2.24, 2.45) is 5.92 Å². The first kappa shape index (κ1) is 16.9. The summed E-state index contributed by atoms with van der Waals surface area (Å²) in [6.07, 6.45) is 1.05. The molecule has 0 saturated carbocycles. The van der Waals surface area contributed by atoms with Crippen LogP contribution in [-0.2, 0) is 24.3 Å². The normalized spacial score (nSPS) is 24.3. The Bertz CT molecular complexity index is 461. The summed E-state index contributed by atoms with van der Waals surface area (Å²) in [7, 11) is -3.77. The molecule has 1 saturated heterocycles. The van der Waals surface area contributed by atoms with Gasteiger partial charge in [-0.3, -0.25) is 9.59 Å². The summed E-state index contributed by atoms with van der Waals surface area (Å²) in [4.78, 5) is 22.5. The van der Waals surface area contributed by atoms with Crippen LogP contribution in [-0.4, -0.2) is 54.7 Å². The van der Waals surface area contributed by atoms with Crippen LogP contribution in [0.4, 0.5) is 0 Å². The van der Waals surface area contributed by atoms with Crippen molar-refractivity contribution < 1.29 is 27.9 Å². The van der Waals surface area contributed by atoms with E-state index in [0.717, 1.165) is 4.31 Å². The molecule has 8 heteroatoms. The lowest BCUT2D eigenvalue weighted by molar-refractivity contribution is -0.144. The Kier molecular flexibility index (Phi) is 5.94. The molecule has 0 bridgehead atoms. The molecule has 7 nitrogen and oxygen atoms in total. The molecule has 2 atom stereocenters. The van der Waals surface area contributed by atoms with Crippen LogP contribution >= 0.6 is 0 Å². The topological polar surface area (TPSA) is 101 Å². The number of esters is 1. The summed E-state index contributed by atoms with van der Waals surface area (Å²) in [5.74, 6) is -2.38. The molecule has 1 aliphatic heterocycles. The van der Waals surface area contributed by atoms with Gasteiger partial charge in [-0.15, -0.1) is 0 Å². The van der Waals surface area contributed by atoms with Crippen LogP contribution in [0.5, 0.6) is 0 Å². The van der Waals surface area contributed by atoms with Gasteiger partial charge in [-0.1, -0.05) is 6.92 Å². The number of hydrogen-bond donors (Lipinski definition) is 1. The van der Waals surface area contributed by atoms with E-state index >= 15 is 0 Å². The zero-order chi connectivity index (χ0) is 15.3. The number of piperidine rings is 1. The maximum Gasteiger partial charge on any atom is 0.322 e. The molecular formula is C12H21NO6S. The second-order valence-electron chi connectivity index (χ2n) is 4.88. The molecule has 1 N–H and O–H groups in total. The van der Waals surface area contributed by atoms with Crippen molar-refractivity contribution in [2.45, 2.75) is 39.2 Å². The fraction of sp³-hybridized carbons (Fsp3) is 0.833. The van der Waals surface area contributed by atoms with E-state index in [0.29, 0.717) is 12.8 Å². The van der Waals surface area contributed by atoms with E-state index in [1.54, 1.807) is 13.8 Å². The highest BCUT2D eigenvalue weighted by atomic mass is 32.2. The predicted octanol–water partition coefficient (Wildman–Crippen LogP) is 0.454. The molecule has 0 spiro atoms. The van der Waals surface area contributed by atoms with Gasteiger partial charge in [0.25, 0.3) is 0 Å². The molecule has 1 heterocycles. The van der Waals surface area contributed by atoms with Gasteiger partial charge >= 0.3 is 11.9 Å². The van der Waals surface area contributed by atoms with Gasteiger partial charge in [0.05, 0.1) is 18.8 Å². The number of rotatable bonds is 6. The lowest BCUT2D eigenvalue weighted by atomic mass is 9.93. The van der Waals surface area contributed by atoms with Crippen molar-refractivity contribution in [3.05, 3.63) is 0 Å². The van der Waals surface area contributed by atoms with E-state index in [1.807, 2.05) is 0 Å². The molecule has 2 unspecified atom stereocenters. The Morgan fingerprint density at radius 2 is 2.05 bits per heavy atom. The molecule has 0 aromatic rings. The van der Waals surface area contributed by atoms with Gasteiger partial charge in [0.2, 0.25) is 10.0 Å². The Balaban J connectivity index is 2.78. The Hall–Kier alpha value is -1.15. The molecule has 0 radical (unpaired) electrons. The van der Waals surface area contributed by atoms with Crippen molar-refractivity contribution in [1.29, 1.82) is 0 Å². The van der Waals surface area contributed by atoms with Gasteiger partial charge in [0, 0.05) is 6.54 Å². The zero-order valence-corrected chi connectivity index (χ0v) is 12.6. The number of carbonyl (C=O) groups excluding carboxylic acids is 1. The molecule has 1 aliphatic rings. The van der Waals surface area contributed by atoms with E-state index in [2.05, 4.69) is 4.74 Å². The smallest absolute Gasteiger partial charge is 0.322 e. The van der Waals surface area contributed by atoms with E-state index in [9.17, 15) is 23.1 Å². The first-order valence-electron chi connectivity index (χ1n) is 6.67. The summed E-state index contributed by atoms with van der Waals surface area (Å²) in [5.41, 5.74) is 0. The van der Waals surface area contributed by atoms with Crippen molar-refractivity contribution >= 4 is 22.0 Å². The number of carboxylic acids is 1. The second kappa shape index (κ2) is 7.03. The van der Waals surface area contributed by atoms with Crippen molar-refractivity contribution in [1.82, 2.24) is 4.31 Å². The van der Waals surface area contributed by atoms with Crippen LogP contribution in [0.1, 0.15) is 33.1 Å². The molecule has 1 rings (SSSR count). The minimum Gasteiger partial charge on any atom is -0.480 e. The maximum atomic E-state index is 12.2. The first-order valence-corrected chi connectivity index (χ1v) is 8.28. The summed E-state index contributed by atoms with van der Waals surface area (Å²) in [5, 5.41) is 9.21. The van der Waals surface area contributed by atoms with Gasteiger partial charge < -0.3 is 9.84 Å². The molecule has 116 valence electrons. The van der Waals surface area contributed by atoms with Crippen molar-refractivity contribution in [3.8, 4) is 0 Å². The first-order chi connectivity index (χ1) is 9.29. The molecule has 1 fully saturated rings. The van der Waals surface area contributed by atoms with Crippen LogP contribution in [0.15, 0.2) is 0 Å². The third-order valence-electron chi connectivity index (χ3n) is 3.37. The summed E-state index contributed by atoms with van der Waals surface area (Å²) in [6, 6.07) is -1.05. The van der Waals surface area contributed by atoms with E-state index in [-0.39, 0.29) is 25.5 Å². The Morgan fingerprint density at radius 1 is 1.40 bits per heavy atom. The standard InChI is InChI=1S/C12H21NO6S/c1-3-19-10(14)6-8-20(17,18)13-7-4-5-9(2)11(13)12(15)16/h9,11H,3-8H2,1-2H3,(H,15,16). The van der Waals surface area contributed by atoms with Gasteiger partial charge in [-0.25, -0.2) is 8.42 Å². The van der Waals surface area contributed by atoms with Crippen molar-refractivity contribution in [2.75, 3.05) is 18.9 Å². The number of aliphatic carboxylic acids is 1. The van der Waals surface area contributed by atoms with Crippen LogP contribution in [0.25, 0.3) is 0 Å².